The first kappa shape index (κ1) is 11.5. The number of nitrogens with zero attached hydrogens (tertiary/aromatic N) is 2. The Hall–Kier alpha value is -1.03. The van der Waals surface area contributed by atoms with Crippen LogP contribution in [-0.4, -0.2) is 15.8 Å². The van der Waals surface area contributed by atoms with Crippen molar-refractivity contribution in [1.29, 1.82) is 0 Å². The molecule has 0 unspecified atom stereocenters. The monoisotopic (exact) mass is 222 g/mol. The number of nitrogens with two attached hydrogens (primary N) is 1. The molecule has 16 heavy (non-hydrogen) atoms. The molecule has 0 aliphatic heterocycles. The molecule has 2 rings (SSSR count). The molecule has 1 aromatic heterocycles. The Bertz CT molecular complexity index is 337. The molecule has 0 aromatic carbocycles. The second-order valence-corrected chi connectivity index (χ2v) is 4.96. The van der Waals surface area contributed by atoms with E-state index in [1.54, 1.807) is 0 Å². The maximum atomic E-state index is 5.74. The van der Waals surface area contributed by atoms with Crippen molar-refractivity contribution in [3.8, 4) is 0 Å². The minimum absolute atomic E-state index is 0.373. The van der Waals surface area contributed by atoms with Crippen molar-refractivity contribution in [3.63, 3.8) is 0 Å². The first-order valence-corrected chi connectivity index (χ1v) is 6.24. The minimum atomic E-state index is 0.373. The van der Waals surface area contributed by atoms with E-state index >= 15 is 0 Å². The van der Waals surface area contributed by atoms with Crippen LogP contribution in [-0.2, 0) is 6.54 Å². The summed E-state index contributed by atoms with van der Waals surface area (Å²) in [6.07, 6.45) is 5.35. The fraction of sp³-hybridized carbons (Fsp3) is 0.750. The topological polar surface area (TPSA) is 55.9 Å². The second-order valence-electron chi connectivity index (χ2n) is 4.96. The average Bonchev–Trinajstić information content (AvgIpc) is 2.83. The molecule has 1 aromatic rings. The smallest absolute Gasteiger partial charge is 0.145 e. The van der Waals surface area contributed by atoms with Gasteiger partial charge < -0.3 is 11.1 Å². The summed E-state index contributed by atoms with van der Waals surface area (Å²) in [6.45, 7) is 5.14. The van der Waals surface area contributed by atoms with Crippen molar-refractivity contribution in [3.05, 3.63) is 11.8 Å². The van der Waals surface area contributed by atoms with Crippen LogP contribution < -0.4 is 11.1 Å². The van der Waals surface area contributed by atoms with Crippen molar-refractivity contribution in [2.24, 2.45) is 0 Å². The van der Waals surface area contributed by atoms with Gasteiger partial charge in [0.25, 0.3) is 0 Å². The molecule has 1 aliphatic carbocycles. The maximum Gasteiger partial charge on any atom is 0.145 e. The Kier molecular flexibility index (Phi) is 3.49. The molecular formula is C12H22N4. The van der Waals surface area contributed by atoms with Crippen molar-refractivity contribution < 1.29 is 0 Å². The van der Waals surface area contributed by atoms with Gasteiger partial charge in [0.1, 0.15) is 5.82 Å². The molecule has 0 spiro atoms. The molecule has 90 valence electrons. The Morgan fingerprint density at radius 3 is 2.81 bits per heavy atom. The Morgan fingerprint density at radius 1 is 1.50 bits per heavy atom. The number of anilines is 1. The van der Waals surface area contributed by atoms with Crippen molar-refractivity contribution in [1.82, 2.24) is 15.1 Å². The third-order valence-electron chi connectivity index (χ3n) is 3.25. The van der Waals surface area contributed by atoms with Crippen LogP contribution in [0.1, 0.15) is 51.3 Å². The van der Waals surface area contributed by atoms with E-state index in [-0.39, 0.29) is 0 Å². The highest BCUT2D eigenvalue weighted by atomic mass is 15.3. The van der Waals surface area contributed by atoms with E-state index in [2.05, 4.69) is 24.3 Å². The minimum Gasteiger partial charge on any atom is -0.382 e. The summed E-state index contributed by atoms with van der Waals surface area (Å²) in [7, 11) is 0. The molecule has 0 atom stereocenters. The molecule has 3 N–H and O–H groups in total. The standard InChI is InChI=1S/C12H22N4/c1-9(2)16-11(7-12(13)15-16)8-14-10-5-3-4-6-10/h7,9-10,14H,3-6,8H2,1-2H3,(H2,13,15). The van der Waals surface area contributed by atoms with Gasteiger partial charge in [0.05, 0.1) is 5.69 Å². The lowest BCUT2D eigenvalue weighted by molar-refractivity contribution is 0.467. The Balaban J connectivity index is 1.97. The Morgan fingerprint density at radius 2 is 2.19 bits per heavy atom. The van der Waals surface area contributed by atoms with E-state index in [1.165, 1.54) is 31.4 Å². The maximum absolute atomic E-state index is 5.74. The largest absolute Gasteiger partial charge is 0.382 e. The van der Waals surface area contributed by atoms with Gasteiger partial charge in [0, 0.05) is 24.7 Å². The van der Waals surface area contributed by atoms with Crippen LogP contribution in [0.3, 0.4) is 0 Å². The van der Waals surface area contributed by atoms with Gasteiger partial charge in [-0.15, -0.1) is 0 Å². The van der Waals surface area contributed by atoms with Gasteiger partial charge in [-0.25, -0.2) is 0 Å². The van der Waals surface area contributed by atoms with Gasteiger partial charge >= 0.3 is 0 Å². The van der Waals surface area contributed by atoms with E-state index < -0.39 is 0 Å². The van der Waals surface area contributed by atoms with Crippen molar-refractivity contribution in [2.45, 2.75) is 58.2 Å². The van der Waals surface area contributed by atoms with Crippen LogP contribution >= 0.6 is 0 Å². The lowest BCUT2D eigenvalue weighted by atomic mass is 10.2. The van der Waals surface area contributed by atoms with Crippen LogP contribution in [0.5, 0.6) is 0 Å². The molecule has 4 heteroatoms. The van der Waals surface area contributed by atoms with Gasteiger partial charge in [-0.05, 0) is 26.7 Å². The van der Waals surface area contributed by atoms with E-state index in [4.69, 9.17) is 5.73 Å². The van der Waals surface area contributed by atoms with Gasteiger partial charge in [-0.2, -0.15) is 5.10 Å². The van der Waals surface area contributed by atoms with E-state index in [0.29, 0.717) is 17.9 Å². The summed E-state index contributed by atoms with van der Waals surface area (Å²) in [5.74, 6) is 0.622. The highest BCUT2D eigenvalue weighted by Gasteiger charge is 2.15. The second kappa shape index (κ2) is 4.87. The van der Waals surface area contributed by atoms with Gasteiger partial charge in [0.2, 0.25) is 0 Å². The molecule has 1 heterocycles. The van der Waals surface area contributed by atoms with Crippen molar-refractivity contribution >= 4 is 5.82 Å². The third kappa shape index (κ3) is 2.55. The molecule has 0 amide bonds. The molecule has 0 bridgehead atoms. The summed E-state index contributed by atoms with van der Waals surface area (Å²) in [6, 6.07) is 3.04. The van der Waals surface area contributed by atoms with E-state index in [9.17, 15) is 0 Å². The van der Waals surface area contributed by atoms with Gasteiger partial charge in [-0.3, -0.25) is 4.68 Å². The fourth-order valence-corrected chi connectivity index (χ4v) is 2.41. The SMILES string of the molecule is CC(C)n1nc(N)cc1CNC1CCCC1. The van der Waals surface area contributed by atoms with Gasteiger partial charge in [-0.1, -0.05) is 12.8 Å². The number of nitrogens with one attached hydrogen (secondary N) is 1. The zero-order valence-corrected chi connectivity index (χ0v) is 10.2. The number of rotatable bonds is 4. The highest BCUT2D eigenvalue weighted by Crippen LogP contribution is 2.19. The lowest BCUT2D eigenvalue weighted by Gasteiger charge is -2.14. The van der Waals surface area contributed by atoms with Crippen LogP contribution in [0.2, 0.25) is 0 Å². The molecule has 0 radical (unpaired) electrons. The quantitative estimate of drug-likeness (QED) is 0.820. The zero-order chi connectivity index (χ0) is 11.5. The number of aromatic nitrogens is 2. The van der Waals surface area contributed by atoms with E-state index in [1.807, 2.05) is 10.7 Å². The molecule has 4 nitrogen and oxygen atoms in total. The normalized spacial score (nSPS) is 17.4. The van der Waals surface area contributed by atoms with Crippen molar-refractivity contribution in [2.75, 3.05) is 5.73 Å². The molecule has 0 saturated heterocycles. The van der Waals surface area contributed by atoms with Crippen LogP contribution in [0, 0.1) is 0 Å². The predicted molar refractivity (Wildman–Crippen MR) is 66.1 cm³/mol. The average molecular weight is 222 g/mol. The highest BCUT2D eigenvalue weighted by molar-refractivity contribution is 5.29. The summed E-state index contributed by atoms with van der Waals surface area (Å²) in [5, 5.41) is 7.90. The van der Waals surface area contributed by atoms with Crippen LogP contribution in [0.4, 0.5) is 5.82 Å². The molecule has 1 fully saturated rings. The fourth-order valence-electron chi connectivity index (χ4n) is 2.41. The third-order valence-corrected chi connectivity index (χ3v) is 3.25. The Labute approximate surface area is 97.2 Å². The molecular weight excluding hydrogens is 200 g/mol. The lowest BCUT2D eigenvalue weighted by Crippen LogP contribution is -2.26. The summed E-state index contributed by atoms with van der Waals surface area (Å²) in [4.78, 5) is 0. The first-order valence-electron chi connectivity index (χ1n) is 6.24. The first-order chi connectivity index (χ1) is 7.66. The number of hydrogen-bond acceptors (Lipinski definition) is 3. The number of hydrogen-bond donors (Lipinski definition) is 2. The number of nitrogen functional groups attached to an aromatic ring is 1. The zero-order valence-electron chi connectivity index (χ0n) is 10.2. The van der Waals surface area contributed by atoms with Crippen LogP contribution in [0.25, 0.3) is 0 Å². The molecule has 1 aliphatic rings. The summed E-state index contributed by atoms with van der Waals surface area (Å²) >= 11 is 0. The van der Waals surface area contributed by atoms with Crippen LogP contribution in [0.15, 0.2) is 6.07 Å². The summed E-state index contributed by atoms with van der Waals surface area (Å²) < 4.78 is 2.01. The predicted octanol–water partition coefficient (Wildman–Crippen LogP) is 2.08. The molecule has 1 saturated carbocycles. The van der Waals surface area contributed by atoms with E-state index in [0.717, 1.165) is 6.54 Å². The van der Waals surface area contributed by atoms with Gasteiger partial charge in [0.15, 0.2) is 0 Å². The summed E-state index contributed by atoms with van der Waals surface area (Å²) in [5.41, 5.74) is 6.94.